The van der Waals surface area contributed by atoms with Crippen molar-refractivity contribution >= 4 is 5.91 Å². The number of amides is 1. The molecule has 3 aromatic rings. The molecule has 25 heavy (non-hydrogen) atoms. The summed E-state index contributed by atoms with van der Waals surface area (Å²) in [6.45, 7) is 3.79. The van der Waals surface area contributed by atoms with Gasteiger partial charge in [-0.05, 0) is 43.7 Å². The van der Waals surface area contributed by atoms with Gasteiger partial charge in [0.25, 0.3) is 5.91 Å². The molecule has 3 rings (SSSR count). The lowest BCUT2D eigenvalue weighted by Gasteiger charge is -2.10. The molecule has 1 aromatic heterocycles. The third-order valence-electron chi connectivity index (χ3n) is 3.90. The average Bonchev–Trinajstić information content (AvgIpc) is 3.12. The molecule has 6 heteroatoms. The van der Waals surface area contributed by atoms with Crippen molar-refractivity contribution in [3.05, 3.63) is 65.5 Å². The molecule has 0 saturated carbocycles. The third-order valence-corrected chi connectivity index (χ3v) is 3.90. The summed E-state index contributed by atoms with van der Waals surface area (Å²) in [7, 11) is 1.58. The Balaban J connectivity index is 1.72. The summed E-state index contributed by atoms with van der Waals surface area (Å²) >= 11 is 0. The highest BCUT2D eigenvalue weighted by molar-refractivity contribution is 5.94. The summed E-state index contributed by atoms with van der Waals surface area (Å²) in [5, 5.41) is 6.87. The van der Waals surface area contributed by atoms with Crippen molar-refractivity contribution in [3.8, 4) is 17.1 Å². The van der Waals surface area contributed by atoms with Crippen LogP contribution >= 0.6 is 0 Å². The molecule has 1 heterocycles. The van der Waals surface area contributed by atoms with E-state index >= 15 is 0 Å². The first-order valence-electron chi connectivity index (χ1n) is 7.93. The van der Waals surface area contributed by atoms with Crippen LogP contribution in [0.25, 0.3) is 11.4 Å². The minimum atomic E-state index is -0.403. The van der Waals surface area contributed by atoms with Crippen LogP contribution < -0.4 is 10.1 Å². The SMILES string of the molecule is COc1ccc(C(=O)N[C@H](C)c2nc(-c3ccccc3C)no2)cc1. The van der Waals surface area contributed by atoms with Crippen molar-refractivity contribution in [1.29, 1.82) is 0 Å². The van der Waals surface area contributed by atoms with Crippen LogP contribution in [0.2, 0.25) is 0 Å². The van der Waals surface area contributed by atoms with E-state index in [1.807, 2.05) is 31.2 Å². The molecule has 0 radical (unpaired) electrons. The van der Waals surface area contributed by atoms with Gasteiger partial charge in [-0.15, -0.1) is 0 Å². The number of carbonyl (C=O) groups is 1. The van der Waals surface area contributed by atoms with Crippen LogP contribution in [0.3, 0.4) is 0 Å². The minimum absolute atomic E-state index is 0.217. The lowest BCUT2D eigenvalue weighted by molar-refractivity contribution is 0.0932. The highest BCUT2D eigenvalue weighted by Crippen LogP contribution is 2.22. The Morgan fingerprint density at radius 3 is 2.56 bits per heavy atom. The molecule has 0 aliphatic carbocycles. The minimum Gasteiger partial charge on any atom is -0.497 e. The fraction of sp³-hybridized carbons (Fsp3) is 0.211. The van der Waals surface area contributed by atoms with E-state index in [0.717, 1.165) is 11.1 Å². The fourth-order valence-corrected chi connectivity index (χ4v) is 2.43. The Hall–Kier alpha value is -3.15. The van der Waals surface area contributed by atoms with E-state index < -0.39 is 6.04 Å². The number of aryl methyl sites for hydroxylation is 1. The summed E-state index contributed by atoms with van der Waals surface area (Å²) < 4.78 is 10.4. The van der Waals surface area contributed by atoms with E-state index in [1.54, 1.807) is 38.3 Å². The van der Waals surface area contributed by atoms with Crippen molar-refractivity contribution < 1.29 is 14.1 Å². The molecule has 1 N–H and O–H groups in total. The average molecular weight is 337 g/mol. The molecule has 0 saturated heterocycles. The van der Waals surface area contributed by atoms with Crippen LogP contribution in [0.1, 0.15) is 34.8 Å². The summed E-state index contributed by atoms with van der Waals surface area (Å²) in [4.78, 5) is 16.7. The standard InChI is InChI=1S/C19H19N3O3/c1-12-6-4-5-7-16(12)17-21-19(25-22-17)13(2)20-18(23)14-8-10-15(24-3)11-9-14/h4-11,13H,1-3H3,(H,20,23)/t13-/m1/s1. The molecule has 0 aliphatic heterocycles. The van der Waals surface area contributed by atoms with Gasteiger partial charge in [-0.2, -0.15) is 4.98 Å². The monoisotopic (exact) mass is 337 g/mol. The second-order valence-corrected chi connectivity index (χ2v) is 5.69. The predicted octanol–water partition coefficient (Wildman–Crippen LogP) is 3.54. The van der Waals surface area contributed by atoms with E-state index in [9.17, 15) is 4.79 Å². The van der Waals surface area contributed by atoms with E-state index in [2.05, 4.69) is 15.5 Å². The summed E-state index contributed by atoms with van der Waals surface area (Å²) in [6, 6.07) is 14.3. The molecule has 0 unspecified atom stereocenters. The Labute approximate surface area is 145 Å². The highest BCUT2D eigenvalue weighted by Gasteiger charge is 2.18. The molecule has 0 spiro atoms. The number of nitrogens with zero attached hydrogens (tertiary/aromatic N) is 2. The van der Waals surface area contributed by atoms with Gasteiger partial charge in [-0.1, -0.05) is 29.4 Å². The molecular formula is C19H19N3O3. The van der Waals surface area contributed by atoms with Gasteiger partial charge < -0.3 is 14.6 Å². The van der Waals surface area contributed by atoms with Crippen molar-refractivity contribution in [2.75, 3.05) is 7.11 Å². The molecule has 0 fully saturated rings. The van der Waals surface area contributed by atoms with Gasteiger partial charge >= 0.3 is 0 Å². The molecule has 2 aromatic carbocycles. The van der Waals surface area contributed by atoms with E-state index in [1.165, 1.54) is 0 Å². The molecule has 0 aliphatic rings. The molecule has 6 nitrogen and oxygen atoms in total. The van der Waals surface area contributed by atoms with Gasteiger partial charge in [0, 0.05) is 11.1 Å². The maximum absolute atomic E-state index is 12.3. The van der Waals surface area contributed by atoms with E-state index in [0.29, 0.717) is 23.0 Å². The van der Waals surface area contributed by atoms with E-state index in [4.69, 9.17) is 9.26 Å². The number of carbonyl (C=O) groups excluding carboxylic acids is 1. The second kappa shape index (κ2) is 7.17. The van der Waals surface area contributed by atoms with Crippen molar-refractivity contribution in [3.63, 3.8) is 0 Å². The van der Waals surface area contributed by atoms with Crippen LogP contribution in [-0.4, -0.2) is 23.2 Å². The number of hydrogen-bond acceptors (Lipinski definition) is 5. The number of methoxy groups -OCH3 is 1. The molecule has 1 amide bonds. The van der Waals surface area contributed by atoms with Gasteiger partial charge in [-0.25, -0.2) is 0 Å². The number of benzene rings is 2. The van der Waals surface area contributed by atoms with Crippen LogP contribution in [-0.2, 0) is 0 Å². The molecule has 1 atom stereocenters. The van der Waals surface area contributed by atoms with E-state index in [-0.39, 0.29) is 5.91 Å². The van der Waals surface area contributed by atoms with Crippen LogP contribution in [0.5, 0.6) is 5.75 Å². The number of nitrogens with one attached hydrogen (secondary N) is 1. The number of hydrogen-bond donors (Lipinski definition) is 1. The first-order chi connectivity index (χ1) is 12.1. The van der Waals surface area contributed by atoms with Crippen molar-refractivity contribution in [2.45, 2.75) is 19.9 Å². The normalized spacial score (nSPS) is 11.8. The highest BCUT2D eigenvalue weighted by atomic mass is 16.5. The van der Waals surface area contributed by atoms with Gasteiger partial charge in [0.05, 0.1) is 7.11 Å². The fourth-order valence-electron chi connectivity index (χ4n) is 2.43. The Kier molecular flexibility index (Phi) is 4.79. The quantitative estimate of drug-likeness (QED) is 0.770. The van der Waals surface area contributed by atoms with Crippen LogP contribution in [0.4, 0.5) is 0 Å². The Morgan fingerprint density at radius 1 is 1.16 bits per heavy atom. The van der Waals surface area contributed by atoms with Crippen LogP contribution in [0, 0.1) is 6.92 Å². The van der Waals surface area contributed by atoms with Crippen molar-refractivity contribution in [2.24, 2.45) is 0 Å². The number of aromatic nitrogens is 2. The summed E-state index contributed by atoms with van der Waals surface area (Å²) in [5.41, 5.74) is 2.50. The molecular weight excluding hydrogens is 318 g/mol. The largest absolute Gasteiger partial charge is 0.497 e. The zero-order valence-corrected chi connectivity index (χ0v) is 14.3. The molecule has 0 bridgehead atoms. The smallest absolute Gasteiger partial charge is 0.251 e. The van der Waals surface area contributed by atoms with Gasteiger partial charge in [-0.3, -0.25) is 4.79 Å². The second-order valence-electron chi connectivity index (χ2n) is 5.69. The summed E-state index contributed by atoms with van der Waals surface area (Å²) in [6.07, 6.45) is 0. The van der Waals surface area contributed by atoms with Crippen LogP contribution in [0.15, 0.2) is 53.1 Å². The lowest BCUT2D eigenvalue weighted by atomic mass is 10.1. The molecule has 128 valence electrons. The Bertz CT molecular complexity index is 872. The zero-order valence-electron chi connectivity index (χ0n) is 14.3. The Morgan fingerprint density at radius 2 is 1.88 bits per heavy atom. The number of rotatable bonds is 5. The maximum Gasteiger partial charge on any atom is 0.251 e. The third kappa shape index (κ3) is 3.68. The van der Waals surface area contributed by atoms with Gasteiger partial charge in [0.2, 0.25) is 11.7 Å². The first kappa shape index (κ1) is 16.7. The lowest BCUT2D eigenvalue weighted by Crippen LogP contribution is -2.26. The van der Waals surface area contributed by atoms with Crippen molar-refractivity contribution in [1.82, 2.24) is 15.5 Å². The number of ether oxygens (including phenoxy) is 1. The predicted molar refractivity (Wildman–Crippen MR) is 93.3 cm³/mol. The topological polar surface area (TPSA) is 77.2 Å². The van der Waals surface area contributed by atoms with Gasteiger partial charge in [0.1, 0.15) is 11.8 Å². The maximum atomic E-state index is 12.3. The zero-order chi connectivity index (χ0) is 17.8. The van der Waals surface area contributed by atoms with Gasteiger partial charge in [0.15, 0.2) is 0 Å². The summed E-state index contributed by atoms with van der Waals surface area (Å²) in [5.74, 6) is 1.36. The first-order valence-corrected chi connectivity index (χ1v) is 7.93.